The Morgan fingerprint density at radius 2 is 2.00 bits per heavy atom. The number of rotatable bonds is 2. The summed E-state index contributed by atoms with van der Waals surface area (Å²) in [5.41, 5.74) is 11.5. The number of primary amides is 1. The van der Waals surface area contributed by atoms with E-state index in [1.54, 1.807) is 24.3 Å². The second-order valence-electron chi connectivity index (χ2n) is 2.90. The van der Waals surface area contributed by atoms with Crippen molar-refractivity contribution in [2.75, 3.05) is 0 Å². The van der Waals surface area contributed by atoms with Gasteiger partial charge in [0.2, 0.25) is 5.91 Å². The van der Waals surface area contributed by atoms with E-state index in [2.05, 4.69) is 11.8 Å². The van der Waals surface area contributed by atoms with E-state index in [1.807, 2.05) is 0 Å². The highest BCUT2D eigenvalue weighted by molar-refractivity contribution is 5.97. The van der Waals surface area contributed by atoms with Crippen LogP contribution in [0.4, 0.5) is 0 Å². The van der Waals surface area contributed by atoms with Gasteiger partial charge in [0.25, 0.3) is 0 Å². The van der Waals surface area contributed by atoms with Crippen LogP contribution in [0.5, 0.6) is 0 Å². The van der Waals surface area contributed by atoms with Gasteiger partial charge in [-0.1, -0.05) is 30.0 Å². The molecule has 0 fully saturated rings. The van der Waals surface area contributed by atoms with Gasteiger partial charge in [0.15, 0.2) is 0 Å². The summed E-state index contributed by atoms with van der Waals surface area (Å²) in [5.74, 6) is 4.86. The Morgan fingerprint density at radius 3 is 2.60 bits per heavy atom. The first-order chi connectivity index (χ1) is 7.11. The number of hydrogen-bond acceptors (Lipinski definition) is 2. The molecule has 5 N–H and O–H groups in total. The zero-order valence-corrected chi connectivity index (χ0v) is 8.08. The molecule has 0 bridgehead atoms. The minimum Gasteiger partial charge on any atom is -0.384 e. The lowest BCUT2D eigenvalue weighted by Crippen LogP contribution is -2.12. The second-order valence-corrected chi connectivity index (χ2v) is 2.90. The predicted octanol–water partition coefficient (Wildman–Crippen LogP) is 0.198. The first-order valence-electron chi connectivity index (χ1n) is 4.32. The molecule has 4 nitrogen and oxygen atoms in total. The van der Waals surface area contributed by atoms with Crippen LogP contribution < -0.4 is 11.5 Å². The molecule has 0 aliphatic heterocycles. The van der Waals surface area contributed by atoms with Crippen molar-refractivity contribution in [3.05, 3.63) is 35.4 Å². The van der Waals surface area contributed by atoms with E-state index < -0.39 is 5.91 Å². The molecule has 0 saturated carbocycles. The van der Waals surface area contributed by atoms with E-state index in [0.717, 1.165) is 0 Å². The summed E-state index contributed by atoms with van der Waals surface area (Å²) < 4.78 is 0. The summed E-state index contributed by atoms with van der Waals surface area (Å²) in [6.07, 6.45) is 0.00619. The summed E-state index contributed by atoms with van der Waals surface area (Å²) in [7, 11) is 0. The number of carbonyl (C=O) groups excluding carboxylic acids is 1. The van der Waals surface area contributed by atoms with Crippen LogP contribution in [0, 0.1) is 17.3 Å². The fourth-order valence-corrected chi connectivity index (χ4v) is 1.05. The first kappa shape index (κ1) is 10.8. The lowest BCUT2D eigenvalue weighted by atomic mass is 10.1. The molecule has 1 aromatic carbocycles. The van der Waals surface area contributed by atoms with Crippen LogP contribution in [-0.2, 0) is 4.79 Å². The fourth-order valence-electron chi connectivity index (χ4n) is 1.05. The molecule has 0 saturated heterocycles. The Kier molecular flexibility index (Phi) is 3.47. The van der Waals surface area contributed by atoms with Crippen molar-refractivity contribution >= 4 is 11.7 Å². The number of hydrogen-bond donors (Lipinski definition) is 3. The van der Waals surface area contributed by atoms with Crippen LogP contribution in [0.2, 0.25) is 0 Å². The number of amides is 1. The predicted molar refractivity (Wildman–Crippen MR) is 58.1 cm³/mol. The van der Waals surface area contributed by atoms with Crippen molar-refractivity contribution in [1.82, 2.24) is 0 Å². The van der Waals surface area contributed by atoms with Crippen molar-refractivity contribution in [2.45, 2.75) is 6.42 Å². The minimum absolute atomic E-state index is 0.00619. The third-order valence-corrected chi connectivity index (χ3v) is 1.70. The third-order valence-electron chi connectivity index (χ3n) is 1.70. The maximum Gasteiger partial charge on any atom is 0.229 e. The summed E-state index contributed by atoms with van der Waals surface area (Å²) in [4.78, 5) is 10.5. The highest BCUT2D eigenvalue weighted by Gasteiger charge is 2.00. The zero-order chi connectivity index (χ0) is 11.3. The molecule has 0 spiro atoms. The molecule has 0 aliphatic rings. The van der Waals surface area contributed by atoms with E-state index >= 15 is 0 Å². The van der Waals surface area contributed by atoms with Crippen LogP contribution >= 0.6 is 0 Å². The SMILES string of the molecule is N=C(N)c1ccccc1C#CCC(N)=O. The van der Waals surface area contributed by atoms with Crippen molar-refractivity contribution in [3.8, 4) is 11.8 Å². The molecular weight excluding hydrogens is 190 g/mol. The van der Waals surface area contributed by atoms with Gasteiger partial charge in [-0.25, -0.2) is 0 Å². The average Bonchev–Trinajstić information content (AvgIpc) is 2.17. The molecule has 15 heavy (non-hydrogen) atoms. The number of nitrogens with one attached hydrogen (secondary N) is 1. The molecule has 1 aromatic rings. The maximum atomic E-state index is 10.5. The Morgan fingerprint density at radius 1 is 1.33 bits per heavy atom. The van der Waals surface area contributed by atoms with Gasteiger partial charge in [-0.2, -0.15) is 0 Å². The van der Waals surface area contributed by atoms with Crippen LogP contribution in [-0.4, -0.2) is 11.7 Å². The van der Waals surface area contributed by atoms with Gasteiger partial charge in [0.05, 0.1) is 6.42 Å². The zero-order valence-electron chi connectivity index (χ0n) is 8.08. The van der Waals surface area contributed by atoms with Gasteiger partial charge in [-0.3, -0.25) is 10.2 Å². The van der Waals surface area contributed by atoms with Crippen LogP contribution in [0.3, 0.4) is 0 Å². The quantitative estimate of drug-likeness (QED) is 0.362. The number of benzene rings is 1. The van der Waals surface area contributed by atoms with E-state index in [4.69, 9.17) is 16.9 Å². The Labute approximate surface area is 87.8 Å². The van der Waals surface area contributed by atoms with Crippen LogP contribution in [0.1, 0.15) is 17.5 Å². The van der Waals surface area contributed by atoms with E-state index in [0.29, 0.717) is 11.1 Å². The molecule has 0 atom stereocenters. The molecule has 0 aliphatic carbocycles. The molecule has 1 amide bonds. The van der Waals surface area contributed by atoms with Crippen LogP contribution in [0.15, 0.2) is 24.3 Å². The largest absolute Gasteiger partial charge is 0.384 e. The van der Waals surface area contributed by atoms with Gasteiger partial charge >= 0.3 is 0 Å². The lowest BCUT2D eigenvalue weighted by Gasteiger charge is -2.00. The normalized spacial score (nSPS) is 8.80. The molecular formula is C11H11N3O. The summed E-state index contributed by atoms with van der Waals surface area (Å²) in [6.45, 7) is 0. The minimum atomic E-state index is -0.470. The summed E-state index contributed by atoms with van der Waals surface area (Å²) >= 11 is 0. The highest BCUT2D eigenvalue weighted by Crippen LogP contribution is 2.05. The van der Waals surface area contributed by atoms with Crippen molar-refractivity contribution < 1.29 is 4.79 Å². The van der Waals surface area contributed by atoms with E-state index in [-0.39, 0.29) is 12.3 Å². The monoisotopic (exact) mass is 201 g/mol. The molecule has 0 unspecified atom stereocenters. The Hall–Kier alpha value is -2.28. The molecule has 4 heteroatoms. The first-order valence-corrected chi connectivity index (χ1v) is 4.32. The average molecular weight is 201 g/mol. The molecule has 0 aromatic heterocycles. The third kappa shape index (κ3) is 3.16. The molecule has 0 radical (unpaired) electrons. The van der Waals surface area contributed by atoms with Gasteiger partial charge in [-0.15, -0.1) is 0 Å². The number of nitrogen functional groups attached to an aromatic ring is 1. The number of nitrogens with two attached hydrogens (primary N) is 2. The standard InChI is InChI=1S/C11H11N3O/c12-10(15)7-3-5-8-4-1-2-6-9(8)11(13)14/h1-2,4,6H,7H2,(H2,12,15)(H3,13,14). The molecule has 76 valence electrons. The van der Waals surface area contributed by atoms with Gasteiger partial charge in [-0.05, 0) is 6.07 Å². The second kappa shape index (κ2) is 4.82. The summed E-state index contributed by atoms with van der Waals surface area (Å²) in [5, 5.41) is 7.31. The Balaban J connectivity index is 2.97. The smallest absolute Gasteiger partial charge is 0.229 e. The maximum absolute atomic E-state index is 10.5. The van der Waals surface area contributed by atoms with Gasteiger partial charge < -0.3 is 11.5 Å². The molecule has 1 rings (SSSR count). The topological polar surface area (TPSA) is 93.0 Å². The van der Waals surface area contributed by atoms with E-state index in [1.165, 1.54) is 0 Å². The van der Waals surface area contributed by atoms with E-state index in [9.17, 15) is 4.79 Å². The van der Waals surface area contributed by atoms with Crippen LogP contribution in [0.25, 0.3) is 0 Å². The van der Waals surface area contributed by atoms with Gasteiger partial charge in [0, 0.05) is 11.1 Å². The Bertz CT molecular complexity index is 454. The lowest BCUT2D eigenvalue weighted by molar-refractivity contribution is -0.117. The highest BCUT2D eigenvalue weighted by atomic mass is 16.1. The van der Waals surface area contributed by atoms with Crippen molar-refractivity contribution in [2.24, 2.45) is 11.5 Å². The summed E-state index contributed by atoms with van der Waals surface area (Å²) in [6, 6.07) is 7.01. The number of amidine groups is 1. The van der Waals surface area contributed by atoms with Crippen molar-refractivity contribution in [1.29, 1.82) is 5.41 Å². The van der Waals surface area contributed by atoms with Gasteiger partial charge in [0.1, 0.15) is 5.84 Å². The molecule has 0 heterocycles. The fraction of sp³-hybridized carbons (Fsp3) is 0.0909. The number of carbonyl (C=O) groups is 1. The van der Waals surface area contributed by atoms with Crippen molar-refractivity contribution in [3.63, 3.8) is 0 Å².